The second kappa shape index (κ2) is 6.00. The van der Waals surface area contributed by atoms with Crippen LogP contribution in [0.5, 0.6) is 0 Å². The summed E-state index contributed by atoms with van der Waals surface area (Å²) in [4.78, 5) is 8.35. The van der Waals surface area contributed by atoms with Crippen LogP contribution in [0.1, 0.15) is 34.5 Å². The third kappa shape index (κ3) is 3.13. The molecule has 0 aromatic carbocycles. The van der Waals surface area contributed by atoms with E-state index in [9.17, 15) is 0 Å². The van der Waals surface area contributed by atoms with Gasteiger partial charge in [-0.15, -0.1) is 0 Å². The van der Waals surface area contributed by atoms with Crippen molar-refractivity contribution in [1.82, 2.24) is 9.97 Å². The summed E-state index contributed by atoms with van der Waals surface area (Å²) in [5.74, 6) is 0. The molecule has 120 valence electrons. The number of hydrogen-bond donors (Lipinski definition) is 0. The van der Waals surface area contributed by atoms with Crippen molar-refractivity contribution >= 4 is 0 Å². The number of aryl methyl sites for hydroxylation is 2. The number of nitrogens with zero attached hydrogens (tertiary/aromatic N) is 2. The molecule has 2 saturated heterocycles. The van der Waals surface area contributed by atoms with E-state index < -0.39 is 0 Å². The lowest BCUT2D eigenvalue weighted by Gasteiger charge is -2.25. The third-order valence-corrected chi connectivity index (χ3v) is 4.43. The predicted octanol–water partition coefficient (Wildman–Crippen LogP) is 2.69. The zero-order chi connectivity index (χ0) is 15.8. The molecule has 5 heteroatoms. The molecule has 0 amide bonds. The molecule has 0 radical (unpaired) electrons. The molecule has 2 aromatic heterocycles. The van der Waals surface area contributed by atoms with Gasteiger partial charge in [0, 0.05) is 24.8 Å². The van der Waals surface area contributed by atoms with Gasteiger partial charge in [-0.2, -0.15) is 0 Å². The average molecular weight is 312 g/mol. The number of rotatable bonds is 6. The number of aromatic nitrogens is 2. The van der Waals surface area contributed by atoms with E-state index in [4.69, 9.17) is 14.2 Å². The fourth-order valence-corrected chi connectivity index (χ4v) is 2.95. The van der Waals surface area contributed by atoms with Crippen LogP contribution >= 0.6 is 0 Å². The lowest BCUT2D eigenvalue weighted by molar-refractivity contribution is -0.0425. The van der Waals surface area contributed by atoms with Crippen molar-refractivity contribution in [2.75, 3.05) is 13.2 Å². The first kappa shape index (κ1) is 14.8. The fourth-order valence-electron chi connectivity index (χ4n) is 2.95. The molecular weight excluding hydrogens is 292 g/mol. The summed E-state index contributed by atoms with van der Waals surface area (Å²) in [5.41, 5.74) is 4.52. The van der Waals surface area contributed by atoms with Crippen molar-refractivity contribution < 1.29 is 14.2 Å². The first-order valence-electron chi connectivity index (χ1n) is 7.93. The highest BCUT2D eigenvalue weighted by atomic mass is 16.6. The Bertz CT molecular complexity index is 639. The first-order chi connectivity index (χ1) is 11.2. The van der Waals surface area contributed by atoms with E-state index in [-0.39, 0.29) is 24.4 Å². The van der Waals surface area contributed by atoms with Gasteiger partial charge < -0.3 is 14.2 Å². The maximum Gasteiger partial charge on any atom is 0.112 e. The molecule has 0 spiro atoms. The molecular formula is C18H20N2O3. The molecule has 0 saturated carbocycles. The third-order valence-electron chi connectivity index (χ3n) is 4.43. The van der Waals surface area contributed by atoms with E-state index in [1.807, 2.05) is 24.5 Å². The highest BCUT2D eigenvalue weighted by Crippen LogP contribution is 2.41. The highest BCUT2D eigenvalue weighted by Gasteiger charge is 2.42. The van der Waals surface area contributed by atoms with Gasteiger partial charge in [0.25, 0.3) is 0 Å². The Hall–Kier alpha value is -1.82. The van der Waals surface area contributed by atoms with E-state index in [1.165, 1.54) is 0 Å². The maximum atomic E-state index is 6.53. The van der Waals surface area contributed by atoms with Gasteiger partial charge in [0.15, 0.2) is 0 Å². The second-order valence-corrected chi connectivity index (χ2v) is 6.19. The van der Waals surface area contributed by atoms with Gasteiger partial charge >= 0.3 is 0 Å². The Kier molecular flexibility index (Phi) is 3.85. The summed E-state index contributed by atoms with van der Waals surface area (Å²) in [5, 5.41) is 0. The lowest BCUT2D eigenvalue weighted by Crippen LogP contribution is -2.20. The summed E-state index contributed by atoms with van der Waals surface area (Å²) in [6, 6.07) is 4.04. The molecule has 4 heterocycles. The van der Waals surface area contributed by atoms with Crippen LogP contribution in [0, 0.1) is 13.8 Å². The van der Waals surface area contributed by atoms with Crippen LogP contribution in [0.2, 0.25) is 0 Å². The molecule has 0 N–H and O–H groups in total. The lowest BCUT2D eigenvalue weighted by atomic mass is 10.0. The van der Waals surface area contributed by atoms with Crippen LogP contribution in [0.3, 0.4) is 0 Å². The quantitative estimate of drug-likeness (QED) is 0.768. The van der Waals surface area contributed by atoms with Crippen molar-refractivity contribution in [3.8, 4) is 0 Å². The van der Waals surface area contributed by atoms with Gasteiger partial charge in [0.05, 0.1) is 13.2 Å². The Morgan fingerprint density at radius 3 is 1.70 bits per heavy atom. The molecule has 5 nitrogen and oxygen atoms in total. The zero-order valence-electron chi connectivity index (χ0n) is 13.3. The highest BCUT2D eigenvalue weighted by molar-refractivity contribution is 5.29. The Balaban J connectivity index is 1.65. The number of ether oxygens (including phenoxy) is 3. The molecule has 2 aliphatic rings. The van der Waals surface area contributed by atoms with Gasteiger partial charge in [0.2, 0.25) is 0 Å². The van der Waals surface area contributed by atoms with Crippen LogP contribution in [-0.4, -0.2) is 35.4 Å². The van der Waals surface area contributed by atoms with Crippen molar-refractivity contribution in [3.63, 3.8) is 0 Å². The molecule has 4 atom stereocenters. The molecule has 0 aliphatic carbocycles. The largest absolute Gasteiger partial charge is 0.370 e. The standard InChI is InChI=1S/C18H20N2O3/c1-11-7-19-5-3-13(11)17(15-9-21-15)23-18(16-10-22-16)14-4-6-20-8-12(14)2/h3-8,15-18H,9-10H2,1-2H3. The minimum atomic E-state index is -0.0974. The molecule has 4 rings (SSSR count). The van der Waals surface area contributed by atoms with E-state index >= 15 is 0 Å². The van der Waals surface area contributed by atoms with Gasteiger partial charge in [-0.1, -0.05) is 0 Å². The van der Waals surface area contributed by atoms with Crippen molar-refractivity contribution in [3.05, 3.63) is 59.2 Å². The minimum absolute atomic E-state index is 0.0974. The first-order valence-corrected chi connectivity index (χ1v) is 7.93. The number of hydrogen-bond acceptors (Lipinski definition) is 5. The Morgan fingerprint density at radius 1 is 0.913 bits per heavy atom. The number of epoxide rings is 2. The van der Waals surface area contributed by atoms with Crippen LogP contribution in [0.15, 0.2) is 36.9 Å². The van der Waals surface area contributed by atoms with E-state index in [2.05, 4.69) is 23.8 Å². The normalized spacial score (nSPS) is 25.0. The van der Waals surface area contributed by atoms with Crippen LogP contribution in [-0.2, 0) is 14.2 Å². The van der Waals surface area contributed by atoms with Crippen molar-refractivity contribution in [2.24, 2.45) is 0 Å². The van der Waals surface area contributed by atoms with Crippen LogP contribution < -0.4 is 0 Å². The van der Waals surface area contributed by atoms with E-state index in [0.717, 1.165) is 35.5 Å². The second-order valence-electron chi connectivity index (χ2n) is 6.19. The monoisotopic (exact) mass is 312 g/mol. The van der Waals surface area contributed by atoms with Crippen molar-refractivity contribution in [2.45, 2.75) is 38.3 Å². The van der Waals surface area contributed by atoms with Crippen LogP contribution in [0.4, 0.5) is 0 Å². The molecule has 23 heavy (non-hydrogen) atoms. The average Bonchev–Trinajstić information content (AvgIpc) is 3.44. The fraction of sp³-hybridized carbons (Fsp3) is 0.444. The van der Waals surface area contributed by atoms with Crippen LogP contribution in [0.25, 0.3) is 0 Å². The van der Waals surface area contributed by atoms with Gasteiger partial charge in [-0.05, 0) is 48.2 Å². The number of pyridine rings is 2. The van der Waals surface area contributed by atoms with E-state index in [0.29, 0.717) is 0 Å². The predicted molar refractivity (Wildman–Crippen MR) is 84.0 cm³/mol. The zero-order valence-corrected chi connectivity index (χ0v) is 13.3. The topological polar surface area (TPSA) is 60.1 Å². The molecule has 2 fully saturated rings. The Labute approximate surface area is 135 Å². The molecule has 2 aromatic rings. The smallest absolute Gasteiger partial charge is 0.112 e. The summed E-state index contributed by atoms with van der Waals surface area (Å²) in [6.45, 7) is 5.59. The summed E-state index contributed by atoms with van der Waals surface area (Å²) >= 11 is 0. The summed E-state index contributed by atoms with van der Waals surface area (Å²) in [6.07, 6.45) is 7.38. The molecule has 2 aliphatic heterocycles. The molecule has 0 bridgehead atoms. The molecule has 4 unspecified atom stereocenters. The minimum Gasteiger partial charge on any atom is -0.370 e. The Morgan fingerprint density at radius 2 is 1.35 bits per heavy atom. The summed E-state index contributed by atoms with van der Waals surface area (Å²) < 4.78 is 17.6. The van der Waals surface area contributed by atoms with Crippen molar-refractivity contribution in [1.29, 1.82) is 0 Å². The SMILES string of the molecule is Cc1cnccc1C(OC(c1ccncc1C)C1CO1)C1CO1. The summed E-state index contributed by atoms with van der Waals surface area (Å²) in [7, 11) is 0. The van der Waals surface area contributed by atoms with Gasteiger partial charge in [-0.3, -0.25) is 9.97 Å². The van der Waals surface area contributed by atoms with Gasteiger partial charge in [-0.25, -0.2) is 0 Å². The van der Waals surface area contributed by atoms with Gasteiger partial charge in [0.1, 0.15) is 24.4 Å². The maximum absolute atomic E-state index is 6.53. The van der Waals surface area contributed by atoms with E-state index in [1.54, 1.807) is 12.4 Å².